The molecule has 3 aliphatic heterocycles. The predicted molar refractivity (Wildman–Crippen MR) is 208 cm³/mol. The first-order valence-corrected chi connectivity index (χ1v) is 22.1. The third-order valence-corrected chi connectivity index (χ3v) is 17.8. The van der Waals surface area contributed by atoms with E-state index in [-0.39, 0.29) is 40.8 Å². The molecule has 0 aromatic heterocycles. The number of hydrogen-bond acceptors (Lipinski definition) is 8. The fraction of sp³-hybridized carbons (Fsp3) is 1.00. The van der Waals surface area contributed by atoms with Crippen LogP contribution < -0.4 is 0 Å². The summed E-state index contributed by atoms with van der Waals surface area (Å²) in [5.41, 5.74) is -0.0713. The fourth-order valence-corrected chi connectivity index (χ4v) is 15.8. The Morgan fingerprint density at radius 1 is 0.906 bits per heavy atom. The molecule has 8 rings (SSSR count). The van der Waals surface area contributed by atoms with Crippen LogP contribution in [0, 0.1) is 62.1 Å². The van der Waals surface area contributed by atoms with Crippen LogP contribution in [0.5, 0.6) is 0 Å². The van der Waals surface area contributed by atoms with Crippen LogP contribution in [-0.2, 0) is 18.9 Å². The molecule has 53 heavy (non-hydrogen) atoms. The smallest absolute Gasteiger partial charge is 0.170 e. The maximum Gasteiger partial charge on any atom is 0.170 e. The van der Waals surface area contributed by atoms with Gasteiger partial charge in [0.25, 0.3) is 0 Å². The van der Waals surface area contributed by atoms with E-state index in [0.717, 1.165) is 45.0 Å². The van der Waals surface area contributed by atoms with Crippen LogP contribution in [-0.4, -0.2) is 115 Å². The number of nitrogens with zero attached hydrogens (tertiary/aromatic N) is 2. The fourth-order valence-electron chi connectivity index (χ4n) is 15.8. The second-order valence-electron chi connectivity index (χ2n) is 22.9. The number of aliphatic hydroxyl groups is 2. The first-order chi connectivity index (χ1) is 24.7. The summed E-state index contributed by atoms with van der Waals surface area (Å²) < 4.78 is 26.5. The van der Waals surface area contributed by atoms with E-state index < -0.39 is 17.8 Å². The standard InChI is InChI=1S/C45H78N2O6/c1-12-50-38(41(8,9)49)30-21-28(2)35-36(52-30)37(48)43(11)32-14-13-31-40(6,7)33(15-16-44(31)26-45(32,44)18-17-42(35,43)10)53-34-25-46(19-20-51-34)22-29-23-47(24-29)27-39(3,4)5/h28-38,48-49H,12-27H2,1-11H3/t28-,30?,31+,32?,33+,34+,35+,36?,37+,38+,42-,43-,44-,45+/m1/s1. The van der Waals surface area contributed by atoms with Crippen molar-refractivity contribution in [3.63, 3.8) is 0 Å². The minimum atomic E-state index is -1.01. The van der Waals surface area contributed by atoms with Gasteiger partial charge in [-0.15, -0.1) is 0 Å². The highest BCUT2D eigenvalue weighted by Crippen LogP contribution is 2.89. The topological polar surface area (TPSA) is 83.9 Å². The molecule has 3 heterocycles. The first-order valence-electron chi connectivity index (χ1n) is 22.1. The molecule has 0 aromatic carbocycles. The van der Waals surface area contributed by atoms with E-state index in [2.05, 4.69) is 65.2 Å². The van der Waals surface area contributed by atoms with Gasteiger partial charge in [0.15, 0.2) is 6.29 Å². The summed E-state index contributed by atoms with van der Waals surface area (Å²) in [6.07, 6.45) is 8.15. The summed E-state index contributed by atoms with van der Waals surface area (Å²) in [6.45, 7) is 33.1. The Labute approximate surface area is 322 Å². The Bertz CT molecular complexity index is 1350. The summed E-state index contributed by atoms with van der Waals surface area (Å²) in [5.74, 6) is 2.62. The Hall–Kier alpha value is -0.320. The molecule has 0 amide bonds. The maximum atomic E-state index is 12.7. The van der Waals surface area contributed by atoms with E-state index in [9.17, 15) is 10.2 Å². The molecule has 2 N–H and O–H groups in total. The molecule has 2 spiro atoms. The molecular formula is C45H78N2O6. The van der Waals surface area contributed by atoms with Crippen molar-refractivity contribution in [2.75, 3.05) is 52.5 Å². The zero-order chi connectivity index (χ0) is 38.1. The lowest BCUT2D eigenvalue weighted by Gasteiger charge is -2.64. The number of rotatable bonds is 9. The van der Waals surface area contributed by atoms with Crippen molar-refractivity contribution in [3.8, 4) is 0 Å². The van der Waals surface area contributed by atoms with Crippen LogP contribution in [0.3, 0.4) is 0 Å². The van der Waals surface area contributed by atoms with Crippen molar-refractivity contribution in [2.24, 2.45) is 62.1 Å². The number of fused-ring (bicyclic) bond motifs is 4. The van der Waals surface area contributed by atoms with Crippen molar-refractivity contribution in [1.29, 1.82) is 0 Å². The van der Waals surface area contributed by atoms with Gasteiger partial charge in [-0.2, -0.15) is 0 Å². The van der Waals surface area contributed by atoms with Crippen LogP contribution >= 0.6 is 0 Å². The largest absolute Gasteiger partial charge is 0.390 e. The average Bonchev–Trinajstić information content (AvgIpc) is 3.67. The lowest BCUT2D eigenvalue weighted by atomic mass is 9.41. The van der Waals surface area contributed by atoms with Crippen LogP contribution in [0.2, 0.25) is 0 Å². The molecular weight excluding hydrogens is 665 g/mol. The van der Waals surface area contributed by atoms with E-state index in [0.29, 0.717) is 46.5 Å². The van der Waals surface area contributed by atoms with E-state index in [4.69, 9.17) is 18.9 Å². The highest BCUT2D eigenvalue weighted by Gasteiger charge is 2.84. The molecule has 5 saturated carbocycles. The van der Waals surface area contributed by atoms with Crippen molar-refractivity contribution in [1.82, 2.24) is 9.80 Å². The first kappa shape index (κ1) is 39.5. The Morgan fingerprint density at radius 3 is 2.28 bits per heavy atom. The number of hydrogen-bond donors (Lipinski definition) is 2. The van der Waals surface area contributed by atoms with Crippen molar-refractivity contribution in [3.05, 3.63) is 0 Å². The monoisotopic (exact) mass is 743 g/mol. The number of likely N-dealkylation sites (tertiary alicyclic amines) is 1. The van der Waals surface area contributed by atoms with E-state index >= 15 is 0 Å². The van der Waals surface area contributed by atoms with Gasteiger partial charge < -0.3 is 34.1 Å². The van der Waals surface area contributed by atoms with Gasteiger partial charge in [-0.3, -0.25) is 4.90 Å². The second kappa shape index (κ2) is 13.1. The summed E-state index contributed by atoms with van der Waals surface area (Å²) in [4.78, 5) is 5.23. The molecule has 0 radical (unpaired) electrons. The van der Waals surface area contributed by atoms with Crippen LogP contribution in [0.25, 0.3) is 0 Å². The molecule has 8 nitrogen and oxygen atoms in total. The number of ether oxygens (including phenoxy) is 4. The average molecular weight is 743 g/mol. The van der Waals surface area contributed by atoms with Crippen molar-refractivity contribution < 1.29 is 29.2 Å². The lowest BCUT2D eigenvalue weighted by molar-refractivity contribution is -0.249. The Balaban J connectivity index is 0.947. The van der Waals surface area contributed by atoms with Crippen LogP contribution in [0.1, 0.15) is 128 Å². The van der Waals surface area contributed by atoms with Crippen molar-refractivity contribution in [2.45, 2.75) is 170 Å². The van der Waals surface area contributed by atoms with E-state index in [1.165, 1.54) is 58.2 Å². The molecule has 3 saturated heterocycles. The van der Waals surface area contributed by atoms with Gasteiger partial charge in [0, 0.05) is 51.3 Å². The van der Waals surface area contributed by atoms with Gasteiger partial charge >= 0.3 is 0 Å². The van der Waals surface area contributed by atoms with Gasteiger partial charge in [0.2, 0.25) is 0 Å². The summed E-state index contributed by atoms with van der Waals surface area (Å²) in [7, 11) is 0. The second-order valence-corrected chi connectivity index (χ2v) is 22.9. The van der Waals surface area contributed by atoms with E-state index in [1.807, 2.05) is 20.8 Å². The van der Waals surface area contributed by atoms with Crippen LogP contribution in [0.4, 0.5) is 0 Å². The summed E-state index contributed by atoms with van der Waals surface area (Å²) in [5, 5.41) is 23.8. The molecule has 304 valence electrons. The third kappa shape index (κ3) is 6.01. The molecule has 14 atom stereocenters. The normalized spacial score (nSPS) is 49.2. The minimum Gasteiger partial charge on any atom is -0.390 e. The molecule has 8 fully saturated rings. The van der Waals surface area contributed by atoms with Crippen molar-refractivity contribution >= 4 is 0 Å². The predicted octanol–water partition coefficient (Wildman–Crippen LogP) is 7.00. The summed E-state index contributed by atoms with van der Waals surface area (Å²) in [6, 6.07) is 0. The van der Waals surface area contributed by atoms with Gasteiger partial charge in [-0.05, 0) is 129 Å². The Morgan fingerprint density at radius 2 is 1.60 bits per heavy atom. The highest BCUT2D eigenvalue weighted by molar-refractivity contribution is 5.33. The molecule has 8 aliphatic rings. The quantitative estimate of drug-likeness (QED) is 0.262. The highest BCUT2D eigenvalue weighted by atomic mass is 16.7. The van der Waals surface area contributed by atoms with Gasteiger partial charge in [-0.25, -0.2) is 0 Å². The van der Waals surface area contributed by atoms with Crippen LogP contribution in [0.15, 0.2) is 0 Å². The van der Waals surface area contributed by atoms with E-state index in [1.54, 1.807) is 0 Å². The Kier molecular flexibility index (Phi) is 9.76. The zero-order valence-electron chi connectivity index (χ0n) is 35.6. The molecule has 0 bridgehead atoms. The molecule has 3 unspecified atom stereocenters. The molecule has 0 aromatic rings. The maximum absolute atomic E-state index is 12.7. The van der Waals surface area contributed by atoms with Gasteiger partial charge in [-0.1, -0.05) is 55.4 Å². The molecule has 5 aliphatic carbocycles. The summed E-state index contributed by atoms with van der Waals surface area (Å²) >= 11 is 0. The minimum absolute atomic E-state index is 0.0221. The number of morpholine rings is 1. The van der Waals surface area contributed by atoms with Gasteiger partial charge in [0.05, 0.1) is 36.6 Å². The number of aliphatic hydroxyl groups excluding tert-OH is 1. The lowest BCUT2D eigenvalue weighted by Crippen LogP contribution is -2.60. The van der Waals surface area contributed by atoms with Gasteiger partial charge in [0.1, 0.15) is 6.10 Å². The third-order valence-electron chi connectivity index (χ3n) is 17.8. The zero-order valence-corrected chi connectivity index (χ0v) is 35.6. The SMILES string of the molecule is CCO[C@@H](C1C[C@@H](C)[C@H]2C(O1)[C@H](O)[C@@]1(C)C3CC[C@H]4C(C)(C)[C@@H](O[C@H]5CN(CC6CN(CC(C)(C)C)C6)CCO5)CC[C@@]45C[C@@]35CC[C@]21C)C(C)(C)O. The molecule has 8 heteroatoms.